The Bertz CT molecular complexity index is 589. The van der Waals surface area contributed by atoms with Crippen molar-refractivity contribution in [2.45, 2.75) is 38.1 Å². The number of halogens is 1. The second kappa shape index (κ2) is 10.00. The third-order valence-electron chi connectivity index (χ3n) is 4.95. The minimum absolute atomic E-state index is 0. The lowest BCUT2D eigenvalue weighted by Gasteiger charge is -2.30. The summed E-state index contributed by atoms with van der Waals surface area (Å²) < 4.78 is 16.0. The fourth-order valence-electron chi connectivity index (χ4n) is 3.07. The molecule has 7 heteroatoms. The first-order valence-corrected chi connectivity index (χ1v) is 8.72. The Morgan fingerprint density at radius 3 is 2.46 bits per heavy atom. The van der Waals surface area contributed by atoms with Crippen LogP contribution >= 0.6 is 12.4 Å². The van der Waals surface area contributed by atoms with Gasteiger partial charge in [0.15, 0.2) is 11.5 Å². The normalized spacial score (nSPS) is 16.3. The number of carbonyl (C=O) groups is 1. The number of hydrogen-bond acceptors (Lipinski definition) is 5. The van der Waals surface area contributed by atoms with Crippen LogP contribution in [-0.4, -0.2) is 45.9 Å². The summed E-state index contributed by atoms with van der Waals surface area (Å²) in [7, 11) is 3.23. The number of nitrogens with two attached hydrogens (primary N) is 1. The van der Waals surface area contributed by atoms with Crippen LogP contribution in [0.3, 0.4) is 0 Å². The molecule has 1 heterocycles. The molecule has 26 heavy (non-hydrogen) atoms. The Hall–Kier alpha value is -1.50. The fraction of sp³-hybridized carbons (Fsp3) is 0.632. The highest BCUT2D eigenvalue weighted by molar-refractivity contribution is 5.85. The lowest BCUT2D eigenvalue weighted by molar-refractivity contribution is -0.124. The van der Waals surface area contributed by atoms with Crippen LogP contribution in [0.15, 0.2) is 18.2 Å². The molecule has 1 aromatic rings. The van der Waals surface area contributed by atoms with Gasteiger partial charge in [0.1, 0.15) is 0 Å². The van der Waals surface area contributed by atoms with E-state index < -0.39 is 6.04 Å². The number of nitrogens with one attached hydrogen (secondary N) is 1. The average molecular weight is 387 g/mol. The SMILES string of the molecule is COc1ccc(C(C)(C)CNC(=O)C(N)C2CCOCC2)cc1OC.Cl. The lowest BCUT2D eigenvalue weighted by atomic mass is 9.84. The molecule has 1 unspecified atom stereocenters. The van der Waals surface area contributed by atoms with Crippen molar-refractivity contribution in [3.63, 3.8) is 0 Å². The van der Waals surface area contributed by atoms with Crippen LogP contribution in [0.1, 0.15) is 32.3 Å². The van der Waals surface area contributed by atoms with E-state index in [9.17, 15) is 4.79 Å². The van der Waals surface area contributed by atoms with Crippen LogP contribution in [0.5, 0.6) is 11.5 Å². The van der Waals surface area contributed by atoms with Gasteiger partial charge in [-0.15, -0.1) is 12.4 Å². The monoisotopic (exact) mass is 386 g/mol. The van der Waals surface area contributed by atoms with Crippen LogP contribution in [0.4, 0.5) is 0 Å². The van der Waals surface area contributed by atoms with E-state index >= 15 is 0 Å². The molecule has 0 radical (unpaired) electrons. The van der Waals surface area contributed by atoms with Crippen molar-refractivity contribution in [3.05, 3.63) is 23.8 Å². The van der Waals surface area contributed by atoms with Crippen molar-refractivity contribution >= 4 is 18.3 Å². The van der Waals surface area contributed by atoms with E-state index in [2.05, 4.69) is 19.2 Å². The van der Waals surface area contributed by atoms with E-state index in [-0.39, 0.29) is 29.6 Å². The molecule has 1 fully saturated rings. The minimum atomic E-state index is -0.481. The van der Waals surface area contributed by atoms with Crippen molar-refractivity contribution in [1.82, 2.24) is 5.32 Å². The summed E-state index contributed by atoms with van der Waals surface area (Å²) in [5, 5.41) is 3.01. The standard InChI is InChI=1S/C19H30N2O4.ClH/c1-19(2,14-5-6-15(23-3)16(11-14)24-4)12-21-18(22)17(20)13-7-9-25-10-8-13;/h5-6,11,13,17H,7-10,12,20H2,1-4H3,(H,21,22);1H. The van der Waals surface area contributed by atoms with Crippen LogP contribution < -0.4 is 20.5 Å². The van der Waals surface area contributed by atoms with Crippen molar-refractivity contribution < 1.29 is 19.0 Å². The fourth-order valence-corrected chi connectivity index (χ4v) is 3.07. The highest BCUT2D eigenvalue weighted by Gasteiger charge is 2.29. The van der Waals surface area contributed by atoms with Gasteiger partial charge in [-0.2, -0.15) is 0 Å². The zero-order chi connectivity index (χ0) is 18.4. The largest absolute Gasteiger partial charge is 0.493 e. The molecule has 6 nitrogen and oxygen atoms in total. The quantitative estimate of drug-likeness (QED) is 0.751. The third kappa shape index (κ3) is 5.50. The number of methoxy groups -OCH3 is 2. The molecule has 0 saturated carbocycles. The van der Waals surface area contributed by atoms with Crippen molar-refractivity contribution in [3.8, 4) is 11.5 Å². The topological polar surface area (TPSA) is 82.8 Å². The summed E-state index contributed by atoms with van der Waals surface area (Å²) in [5.74, 6) is 1.46. The van der Waals surface area contributed by atoms with Gasteiger partial charge in [-0.3, -0.25) is 4.79 Å². The molecule has 0 aromatic heterocycles. The predicted molar refractivity (Wildman–Crippen MR) is 104 cm³/mol. The van der Waals surface area contributed by atoms with E-state index in [0.29, 0.717) is 31.3 Å². The number of ether oxygens (including phenoxy) is 3. The molecule has 1 aliphatic heterocycles. The smallest absolute Gasteiger partial charge is 0.237 e. The van der Waals surface area contributed by atoms with E-state index in [1.54, 1.807) is 14.2 Å². The maximum atomic E-state index is 12.4. The molecule has 3 N–H and O–H groups in total. The van der Waals surface area contributed by atoms with Gasteiger partial charge in [0.05, 0.1) is 20.3 Å². The molecule has 0 spiro atoms. The summed E-state index contributed by atoms with van der Waals surface area (Å²) >= 11 is 0. The molecular formula is C19H31ClN2O4. The summed E-state index contributed by atoms with van der Waals surface area (Å²) in [6, 6.07) is 5.34. The van der Waals surface area contributed by atoms with Gasteiger partial charge >= 0.3 is 0 Å². The molecule has 1 aliphatic rings. The number of carbonyl (C=O) groups excluding carboxylic acids is 1. The van der Waals surface area contributed by atoms with Gasteiger partial charge in [-0.05, 0) is 36.5 Å². The van der Waals surface area contributed by atoms with Crippen LogP contribution in [0.25, 0.3) is 0 Å². The van der Waals surface area contributed by atoms with Crippen molar-refractivity contribution in [2.75, 3.05) is 34.0 Å². The molecule has 0 aliphatic carbocycles. The molecule has 0 bridgehead atoms. The summed E-state index contributed by atoms with van der Waals surface area (Å²) in [6.45, 7) is 6.02. The van der Waals surface area contributed by atoms with Gasteiger partial charge in [0, 0.05) is 25.2 Å². The number of rotatable bonds is 7. The number of benzene rings is 1. The van der Waals surface area contributed by atoms with E-state index in [1.807, 2.05) is 18.2 Å². The van der Waals surface area contributed by atoms with Gasteiger partial charge in [0.2, 0.25) is 5.91 Å². The zero-order valence-corrected chi connectivity index (χ0v) is 16.9. The molecule has 148 valence electrons. The molecule has 1 atom stereocenters. The maximum Gasteiger partial charge on any atom is 0.237 e. The minimum Gasteiger partial charge on any atom is -0.493 e. The second-order valence-corrected chi connectivity index (χ2v) is 7.15. The van der Waals surface area contributed by atoms with Crippen molar-refractivity contribution in [1.29, 1.82) is 0 Å². The van der Waals surface area contributed by atoms with Crippen LogP contribution in [0, 0.1) is 5.92 Å². The highest BCUT2D eigenvalue weighted by Crippen LogP contribution is 2.33. The Morgan fingerprint density at radius 1 is 1.27 bits per heavy atom. The first-order chi connectivity index (χ1) is 11.9. The molecule has 1 aromatic carbocycles. The summed E-state index contributed by atoms with van der Waals surface area (Å²) in [4.78, 5) is 12.4. The van der Waals surface area contributed by atoms with E-state index in [4.69, 9.17) is 19.9 Å². The van der Waals surface area contributed by atoms with E-state index in [1.165, 1.54) is 0 Å². The van der Waals surface area contributed by atoms with Crippen LogP contribution in [0.2, 0.25) is 0 Å². The van der Waals surface area contributed by atoms with Gasteiger partial charge in [0.25, 0.3) is 0 Å². The second-order valence-electron chi connectivity index (χ2n) is 7.15. The third-order valence-corrected chi connectivity index (χ3v) is 4.95. The van der Waals surface area contributed by atoms with Gasteiger partial charge in [-0.1, -0.05) is 19.9 Å². The lowest BCUT2D eigenvalue weighted by Crippen LogP contribution is -2.49. The Kier molecular flexibility index (Phi) is 8.67. The number of amides is 1. The molecule has 1 amide bonds. The zero-order valence-electron chi connectivity index (χ0n) is 16.0. The predicted octanol–water partition coefficient (Wildman–Crippen LogP) is 2.27. The number of hydrogen-bond donors (Lipinski definition) is 2. The first-order valence-electron chi connectivity index (χ1n) is 8.72. The van der Waals surface area contributed by atoms with E-state index in [0.717, 1.165) is 18.4 Å². The molecule has 1 saturated heterocycles. The summed E-state index contributed by atoms with van der Waals surface area (Å²) in [5.41, 5.74) is 6.94. The Morgan fingerprint density at radius 2 is 1.88 bits per heavy atom. The average Bonchev–Trinajstić information content (AvgIpc) is 2.65. The highest BCUT2D eigenvalue weighted by atomic mass is 35.5. The van der Waals surface area contributed by atoms with Crippen molar-refractivity contribution in [2.24, 2.45) is 11.7 Å². The Labute approximate surface area is 162 Å². The van der Waals surface area contributed by atoms with Gasteiger partial charge in [-0.25, -0.2) is 0 Å². The maximum absolute atomic E-state index is 12.4. The van der Waals surface area contributed by atoms with Gasteiger partial charge < -0.3 is 25.3 Å². The molecular weight excluding hydrogens is 356 g/mol. The summed E-state index contributed by atoms with van der Waals surface area (Å²) in [6.07, 6.45) is 1.68. The van der Waals surface area contributed by atoms with Crippen LogP contribution in [-0.2, 0) is 14.9 Å². The molecule has 2 rings (SSSR count). The Balaban J connectivity index is 0.00000338. The first kappa shape index (κ1) is 22.5.